The van der Waals surface area contributed by atoms with Crippen LogP contribution in [0.1, 0.15) is 34.6 Å². The third-order valence-corrected chi connectivity index (χ3v) is 2.13. The van der Waals surface area contributed by atoms with Gasteiger partial charge in [0.25, 0.3) is 0 Å². The van der Waals surface area contributed by atoms with Crippen LogP contribution in [0.5, 0.6) is 0 Å². The number of carbonyl (C=O) groups is 2. The van der Waals surface area contributed by atoms with E-state index in [2.05, 4.69) is 5.32 Å². The van der Waals surface area contributed by atoms with Crippen molar-refractivity contribution in [1.29, 1.82) is 0 Å². The van der Waals surface area contributed by atoms with Crippen LogP contribution in [-0.4, -0.2) is 41.5 Å². The Balaban J connectivity index is 4.69. The average molecular weight is 247 g/mol. The molecule has 0 aliphatic carbocycles. The summed E-state index contributed by atoms with van der Waals surface area (Å²) in [5, 5.41) is 11.3. The SMILES string of the molecule is COC(C)(C)[C@H](NC(=O)OC(C)(C)C)C(=O)O. The van der Waals surface area contributed by atoms with Crippen molar-refractivity contribution < 1.29 is 24.2 Å². The maximum Gasteiger partial charge on any atom is 0.408 e. The van der Waals surface area contributed by atoms with Gasteiger partial charge in [0.05, 0.1) is 5.60 Å². The van der Waals surface area contributed by atoms with Gasteiger partial charge in [-0.2, -0.15) is 0 Å². The molecule has 0 aromatic heterocycles. The number of ether oxygens (including phenoxy) is 2. The van der Waals surface area contributed by atoms with Crippen LogP contribution in [0, 0.1) is 0 Å². The highest BCUT2D eigenvalue weighted by Crippen LogP contribution is 2.15. The van der Waals surface area contributed by atoms with E-state index in [1.165, 1.54) is 7.11 Å². The topological polar surface area (TPSA) is 84.9 Å². The molecule has 6 nitrogen and oxygen atoms in total. The second kappa shape index (κ2) is 5.35. The van der Waals surface area contributed by atoms with Crippen molar-refractivity contribution in [3.63, 3.8) is 0 Å². The van der Waals surface area contributed by atoms with E-state index in [0.29, 0.717) is 0 Å². The van der Waals surface area contributed by atoms with Gasteiger partial charge in [-0.15, -0.1) is 0 Å². The summed E-state index contributed by atoms with van der Waals surface area (Å²) in [5.41, 5.74) is -1.70. The van der Waals surface area contributed by atoms with E-state index in [9.17, 15) is 9.59 Å². The Bertz CT molecular complexity index is 293. The van der Waals surface area contributed by atoms with E-state index in [-0.39, 0.29) is 0 Å². The Morgan fingerprint density at radius 3 is 1.94 bits per heavy atom. The fourth-order valence-electron chi connectivity index (χ4n) is 1.08. The number of aliphatic carboxylic acids is 1. The molecular weight excluding hydrogens is 226 g/mol. The first-order chi connectivity index (χ1) is 7.49. The molecule has 0 aliphatic heterocycles. The maximum absolute atomic E-state index is 11.5. The zero-order valence-electron chi connectivity index (χ0n) is 11.2. The highest BCUT2D eigenvalue weighted by atomic mass is 16.6. The number of hydrogen-bond acceptors (Lipinski definition) is 4. The Morgan fingerprint density at radius 2 is 1.65 bits per heavy atom. The van der Waals surface area contributed by atoms with Crippen LogP contribution in [0.3, 0.4) is 0 Å². The lowest BCUT2D eigenvalue weighted by Gasteiger charge is -2.31. The molecule has 2 N–H and O–H groups in total. The number of carboxylic acids is 1. The molecular formula is C11H21NO5. The third-order valence-electron chi connectivity index (χ3n) is 2.13. The quantitative estimate of drug-likeness (QED) is 0.784. The summed E-state index contributed by atoms with van der Waals surface area (Å²) in [6.07, 6.45) is -0.782. The minimum absolute atomic E-state index is 0.676. The van der Waals surface area contributed by atoms with Gasteiger partial charge in [-0.1, -0.05) is 0 Å². The number of alkyl carbamates (subject to hydrolysis) is 1. The van der Waals surface area contributed by atoms with Crippen molar-refractivity contribution in [2.45, 2.75) is 51.9 Å². The van der Waals surface area contributed by atoms with Crippen LogP contribution in [0.4, 0.5) is 4.79 Å². The number of methoxy groups -OCH3 is 1. The molecule has 0 bridgehead atoms. The zero-order chi connectivity index (χ0) is 13.9. The lowest BCUT2D eigenvalue weighted by molar-refractivity contribution is -0.147. The van der Waals surface area contributed by atoms with Crippen LogP contribution < -0.4 is 5.32 Å². The van der Waals surface area contributed by atoms with Gasteiger partial charge in [0, 0.05) is 7.11 Å². The third kappa shape index (κ3) is 5.53. The summed E-state index contributed by atoms with van der Waals surface area (Å²) in [5.74, 6) is -1.18. The standard InChI is InChI=1S/C11H21NO5/c1-10(2,3)17-9(15)12-7(8(13)14)11(4,5)16-6/h7H,1-6H3,(H,12,15)(H,13,14)/t7-/m1/s1. The van der Waals surface area contributed by atoms with Crippen molar-refractivity contribution >= 4 is 12.1 Å². The number of carboxylic acid groups (broad SMARTS) is 1. The van der Waals surface area contributed by atoms with E-state index >= 15 is 0 Å². The molecule has 1 amide bonds. The number of nitrogens with one attached hydrogen (secondary N) is 1. The summed E-state index contributed by atoms with van der Waals surface area (Å²) in [4.78, 5) is 22.5. The van der Waals surface area contributed by atoms with E-state index in [4.69, 9.17) is 14.6 Å². The molecule has 0 unspecified atom stereocenters. The van der Waals surface area contributed by atoms with Gasteiger partial charge in [-0.25, -0.2) is 9.59 Å². The average Bonchev–Trinajstić information content (AvgIpc) is 2.10. The normalized spacial score (nSPS) is 14.0. The monoisotopic (exact) mass is 247 g/mol. The minimum atomic E-state index is -1.18. The highest BCUT2D eigenvalue weighted by Gasteiger charge is 2.37. The van der Waals surface area contributed by atoms with Gasteiger partial charge in [0.2, 0.25) is 0 Å². The van der Waals surface area contributed by atoms with Gasteiger partial charge in [-0.3, -0.25) is 0 Å². The smallest absolute Gasteiger partial charge is 0.408 e. The Labute approximate surface area is 101 Å². The second-order valence-electron chi connectivity index (χ2n) is 5.23. The summed E-state index contributed by atoms with van der Waals surface area (Å²) in [6, 6.07) is -1.18. The molecule has 0 rings (SSSR count). The lowest BCUT2D eigenvalue weighted by Crippen LogP contribution is -2.55. The predicted octanol–water partition coefficient (Wildman–Crippen LogP) is 1.39. The zero-order valence-corrected chi connectivity index (χ0v) is 11.2. The number of hydrogen-bond donors (Lipinski definition) is 2. The molecule has 1 atom stereocenters. The fourth-order valence-corrected chi connectivity index (χ4v) is 1.08. The van der Waals surface area contributed by atoms with Gasteiger partial charge < -0.3 is 19.9 Å². The van der Waals surface area contributed by atoms with Gasteiger partial charge in [0.1, 0.15) is 5.60 Å². The summed E-state index contributed by atoms with van der Waals surface area (Å²) >= 11 is 0. The Morgan fingerprint density at radius 1 is 1.18 bits per heavy atom. The molecule has 0 radical (unpaired) electrons. The largest absolute Gasteiger partial charge is 0.480 e. The van der Waals surface area contributed by atoms with Crippen LogP contribution in [0.15, 0.2) is 0 Å². The van der Waals surface area contributed by atoms with E-state index < -0.39 is 29.3 Å². The Kier molecular flexibility index (Phi) is 4.94. The van der Waals surface area contributed by atoms with Gasteiger partial charge in [0.15, 0.2) is 6.04 Å². The highest BCUT2D eigenvalue weighted by molar-refractivity contribution is 5.81. The number of amides is 1. The van der Waals surface area contributed by atoms with Crippen molar-refractivity contribution in [2.24, 2.45) is 0 Å². The Hall–Kier alpha value is -1.30. The molecule has 0 heterocycles. The molecule has 0 saturated carbocycles. The fraction of sp³-hybridized carbons (Fsp3) is 0.818. The molecule has 17 heavy (non-hydrogen) atoms. The van der Waals surface area contributed by atoms with Crippen molar-refractivity contribution in [3.8, 4) is 0 Å². The molecule has 100 valence electrons. The van der Waals surface area contributed by atoms with Gasteiger partial charge >= 0.3 is 12.1 Å². The lowest BCUT2D eigenvalue weighted by atomic mass is 9.99. The summed E-state index contributed by atoms with van der Waals surface area (Å²) in [6.45, 7) is 8.24. The molecule has 0 spiro atoms. The molecule has 0 aromatic carbocycles. The van der Waals surface area contributed by atoms with Crippen molar-refractivity contribution in [1.82, 2.24) is 5.32 Å². The van der Waals surface area contributed by atoms with E-state index in [0.717, 1.165) is 0 Å². The first kappa shape index (κ1) is 15.7. The van der Waals surface area contributed by atoms with Crippen molar-refractivity contribution in [3.05, 3.63) is 0 Å². The molecule has 0 fully saturated rings. The van der Waals surface area contributed by atoms with Gasteiger partial charge in [-0.05, 0) is 34.6 Å². The first-order valence-electron chi connectivity index (χ1n) is 5.27. The minimum Gasteiger partial charge on any atom is -0.480 e. The maximum atomic E-state index is 11.5. The van der Waals surface area contributed by atoms with Crippen LogP contribution in [0.2, 0.25) is 0 Å². The predicted molar refractivity (Wildman–Crippen MR) is 61.9 cm³/mol. The second-order valence-corrected chi connectivity index (χ2v) is 5.23. The van der Waals surface area contributed by atoms with E-state index in [1.807, 2.05) is 0 Å². The number of carbonyl (C=O) groups excluding carboxylic acids is 1. The summed E-state index contributed by atoms with van der Waals surface area (Å²) in [7, 11) is 1.38. The first-order valence-corrected chi connectivity index (χ1v) is 5.27. The molecule has 6 heteroatoms. The van der Waals surface area contributed by atoms with E-state index in [1.54, 1.807) is 34.6 Å². The molecule has 0 aromatic rings. The van der Waals surface area contributed by atoms with Crippen LogP contribution >= 0.6 is 0 Å². The number of rotatable bonds is 4. The molecule has 0 saturated heterocycles. The summed E-state index contributed by atoms with van der Waals surface area (Å²) < 4.78 is 10.0. The molecule has 0 aliphatic rings. The van der Waals surface area contributed by atoms with Crippen LogP contribution in [0.25, 0.3) is 0 Å². The van der Waals surface area contributed by atoms with Crippen molar-refractivity contribution in [2.75, 3.05) is 7.11 Å². The van der Waals surface area contributed by atoms with Crippen LogP contribution in [-0.2, 0) is 14.3 Å².